The Hall–Kier alpha value is -0.860. The molecule has 0 aromatic heterocycles. The van der Waals surface area contributed by atoms with Gasteiger partial charge in [0.2, 0.25) is 0 Å². The summed E-state index contributed by atoms with van der Waals surface area (Å²) in [4.78, 5) is 2.70. The minimum atomic E-state index is 0.871. The summed E-state index contributed by atoms with van der Waals surface area (Å²) in [6, 6.07) is 9.98. The Labute approximate surface area is 117 Å². The molecule has 0 bridgehead atoms. The second-order valence-electron chi connectivity index (χ2n) is 6.18. The zero-order chi connectivity index (χ0) is 13.1. The van der Waals surface area contributed by atoms with Crippen LogP contribution in [0.5, 0.6) is 0 Å². The zero-order valence-electron chi connectivity index (χ0n) is 12.1. The summed E-state index contributed by atoms with van der Waals surface area (Å²) in [5.74, 6) is 0.871. The fraction of sp³-hybridized carbons (Fsp3) is 0.647. The van der Waals surface area contributed by atoms with Gasteiger partial charge in [0.1, 0.15) is 0 Å². The first-order valence-electron chi connectivity index (χ1n) is 7.87. The highest BCUT2D eigenvalue weighted by Crippen LogP contribution is 2.31. The monoisotopic (exact) mass is 258 g/mol. The van der Waals surface area contributed by atoms with Crippen LogP contribution >= 0.6 is 0 Å². The van der Waals surface area contributed by atoms with Crippen molar-refractivity contribution in [3.8, 4) is 0 Å². The fourth-order valence-electron chi connectivity index (χ4n) is 3.11. The van der Waals surface area contributed by atoms with E-state index >= 15 is 0 Å². The topological polar surface area (TPSA) is 15.3 Å². The minimum Gasteiger partial charge on any atom is -0.312 e. The van der Waals surface area contributed by atoms with E-state index < -0.39 is 0 Å². The summed E-state index contributed by atoms with van der Waals surface area (Å²) >= 11 is 0. The SMILES string of the molecule is CCc1ccc(CNCC2CCN(C3CC3)C2)cc1. The molecule has 1 aromatic rings. The van der Waals surface area contributed by atoms with Crippen molar-refractivity contribution in [2.24, 2.45) is 5.92 Å². The molecule has 0 spiro atoms. The molecule has 2 nitrogen and oxygen atoms in total. The van der Waals surface area contributed by atoms with Crippen molar-refractivity contribution in [3.05, 3.63) is 35.4 Å². The largest absolute Gasteiger partial charge is 0.312 e. The van der Waals surface area contributed by atoms with Gasteiger partial charge in [-0.1, -0.05) is 31.2 Å². The van der Waals surface area contributed by atoms with Crippen LogP contribution in [0, 0.1) is 5.92 Å². The highest BCUT2D eigenvalue weighted by atomic mass is 15.2. The highest BCUT2D eigenvalue weighted by molar-refractivity contribution is 5.22. The number of benzene rings is 1. The maximum absolute atomic E-state index is 3.63. The highest BCUT2D eigenvalue weighted by Gasteiger charge is 2.33. The summed E-state index contributed by atoms with van der Waals surface area (Å²) in [6.45, 7) is 7.07. The van der Waals surface area contributed by atoms with Gasteiger partial charge in [-0.25, -0.2) is 0 Å². The van der Waals surface area contributed by atoms with Crippen molar-refractivity contribution in [1.82, 2.24) is 10.2 Å². The average molecular weight is 258 g/mol. The molecule has 104 valence electrons. The Morgan fingerprint density at radius 1 is 1.11 bits per heavy atom. The van der Waals surface area contributed by atoms with Crippen molar-refractivity contribution in [1.29, 1.82) is 0 Å². The van der Waals surface area contributed by atoms with Crippen molar-refractivity contribution < 1.29 is 0 Å². The molecule has 0 amide bonds. The summed E-state index contributed by atoms with van der Waals surface area (Å²) < 4.78 is 0. The van der Waals surface area contributed by atoms with Crippen LogP contribution in [-0.2, 0) is 13.0 Å². The normalized spacial score (nSPS) is 23.9. The van der Waals surface area contributed by atoms with Gasteiger partial charge < -0.3 is 10.2 Å². The summed E-state index contributed by atoms with van der Waals surface area (Å²) in [7, 11) is 0. The van der Waals surface area contributed by atoms with Gasteiger partial charge in [-0.15, -0.1) is 0 Å². The fourth-order valence-corrected chi connectivity index (χ4v) is 3.11. The second-order valence-corrected chi connectivity index (χ2v) is 6.18. The number of nitrogens with zero attached hydrogens (tertiary/aromatic N) is 1. The van der Waals surface area contributed by atoms with E-state index in [-0.39, 0.29) is 0 Å². The van der Waals surface area contributed by atoms with Crippen molar-refractivity contribution >= 4 is 0 Å². The molecule has 0 radical (unpaired) electrons. The van der Waals surface area contributed by atoms with E-state index in [4.69, 9.17) is 0 Å². The molecule has 1 unspecified atom stereocenters. The van der Waals surface area contributed by atoms with E-state index in [1.807, 2.05) is 0 Å². The number of aryl methyl sites for hydroxylation is 1. The lowest BCUT2D eigenvalue weighted by molar-refractivity contribution is 0.312. The Balaban J connectivity index is 1.38. The van der Waals surface area contributed by atoms with Crippen LogP contribution in [0.3, 0.4) is 0 Å². The summed E-state index contributed by atoms with van der Waals surface area (Å²) in [5, 5.41) is 3.63. The van der Waals surface area contributed by atoms with E-state index in [1.54, 1.807) is 0 Å². The zero-order valence-corrected chi connectivity index (χ0v) is 12.1. The molecule has 1 saturated carbocycles. The van der Waals surface area contributed by atoms with Gasteiger partial charge >= 0.3 is 0 Å². The van der Waals surface area contributed by atoms with Crippen LogP contribution in [-0.4, -0.2) is 30.6 Å². The Morgan fingerprint density at radius 2 is 1.84 bits per heavy atom. The van der Waals surface area contributed by atoms with E-state index in [2.05, 4.69) is 41.4 Å². The predicted octanol–water partition coefficient (Wildman–Crippen LogP) is 2.82. The quantitative estimate of drug-likeness (QED) is 0.844. The Bertz CT molecular complexity index is 394. The summed E-state index contributed by atoms with van der Waals surface area (Å²) in [5.41, 5.74) is 2.84. The van der Waals surface area contributed by atoms with Crippen molar-refractivity contribution in [2.75, 3.05) is 19.6 Å². The van der Waals surface area contributed by atoms with Gasteiger partial charge in [-0.3, -0.25) is 0 Å². The molecule has 2 aliphatic rings. The lowest BCUT2D eigenvalue weighted by atomic mass is 10.1. The lowest BCUT2D eigenvalue weighted by Gasteiger charge is -2.15. The standard InChI is InChI=1S/C17H26N2/c1-2-14-3-5-15(6-4-14)11-18-12-16-9-10-19(13-16)17-7-8-17/h3-6,16-18H,2,7-13H2,1H3. The number of hydrogen-bond acceptors (Lipinski definition) is 2. The molecule has 1 aliphatic carbocycles. The van der Waals surface area contributed by atoms with Crippen LogP contribution in [0.2, 0.25) is 0 Å². The molecule has 1 saturated heterocycles. The average Bonchev–Trinajstić information content (AvgIpc) is 3.20. The van der Waals surface area contributed by atoms with E-state index in [9.17, 15) is 0 Å². The Morgan fingerprint density at radius 3 is 2.53 bits per heavy atom. The van der Waals surface area contributed by atoms with Gasteiger partial charge in [0.05, 0.1) is 0 Å². The van der Waals surface area contributed by atoms with Crippen LogP contribution in [0.15, 0.2) is 24.3 Å². The molecule has 3 rings (SSSR count). The van der Waals surface area contributed by atoms with Gasteiger partial charge in [0.25, 0.3) is 0 Å². The van der Waals surface area contributed by atoms with Gasteiger partial charge in [0.15, 0.2) is 0 Å². The van der Waals surface area contributed by atoms with Crippen molar-refractivity contribution in [3.63, 3.8) is 0 Å². The summed E-state index contributed by atoms with van der Waals surface area (Å²) in [6.07, 6.45) is 5.42. The first-order valence-corrected chi connectivity index (χ1v) is 7.87. The molecule has 1 aliphatic heterocycles. The third kappa shape index (κ3) is 3.58. The number of hydrogen-bond donors (Lipinski definition) is 1. The van der Waals surface area contributed by atoms with Crippen LogP contribution < -0.4 is 5.32 Å². The molecule has 1 aromatic carbocycles. The maximum atomic E-state index is 3.63. The maximum Gasteiger partial charge on any atom is 0.0205 e. The van der Waals surface area contributed by atoms with Gasteiger partial charge in [0, 0.05) is 19.1 Å². The van der Waals surface area contributed by atoms with E-state index in [0.717, 1.165) is 24.9 Å². The predicted molar refractivity (Wildman–Crippen MR) is 80.2 cm³/mol. The minimum absolute atomic E-state index is 0.871. The molecule has 1 atom stereocenters. The number of likely N-dealkylation sites (tertiary alicyclic amines) is 1. The third-order valence-electron chi connectivity index (χ3n) is 4.57. The molecule has 1 heterocycles. The first kappa shape index (κ1) is 13.1. The molecular formula is C17H26N2. The first-order chi connectivity index (χ1) is 9.35. The number of nitrogens with one attached hydrogen (secondary N) is 1. The second kappa shape index (κ2) is 6.06. The van der Waals surface area contributed by atoms with Gasteiger partial charge in [-0.05, 0) is 55.8 Å². The van der Waals surface area contributed by atoms with E-state index in [0.29, 0.717) is 0 Å². The molecule has 1 N–H and O–H groups in total. The van der Waals surface area contributed by atoms with Crippen LogP contribution in [0.25, 0.3) is 0 Å². The van der Waals surface area contributed by atoms with Crippen LogP contribution in [0.4, 0.5) is 0 Å². The molecule has 2 fully saturated rings. The van der Waals surface area contributed by atoms with Crippen molar-refractivity contribution in [2.45, 2.75) is 45.2 Å². The molecule has 19 heavy (non-hydrogen) atoms. The number of rotatable bonds is 6. The smallest absolute Gasteiger partial charge is 0.0205 e. The van der Waals surface area contributed by atoms with Crippen LogP contribution in [0.1, 0.15) is 37.3 Å². The molecule has 2 heteroatoms. The lowest BCUT2D eigenvalue weighted by Crippen LogP contribution is -2.27. The Kier molecular flexibility index (Phi) is 4.19. The van der Waals surface area contributed by atoms with E-state index in [1.165, 1.54) is 50.0 Å². The third-order valence-corrected chi connectivity index (χ3v) is 4.57. The van der Waals surface area contributed by atoms with Gasteiger partial charge in [-0.2, -0.15) is 0 Å². The molecular weight excluding hydrogens is 232 g/mol.